The van der Waals surface area contributed by atoms with E-state index in [-0.39, 0.29) is 11.4 Å². The summed E-state index contributed by atoms with van der Waals surface area (Å²) >= 11 is 0. The molecule has 0 atom stereocenters. The zero-order valence-electron chi connectivity index (χ0n) is 9.61. The van der Waals surface area contributed by atoms with Crippen LogP contribution in [-0.2, 0) is 9.59 Å². The molecule has 0 saturated heterocycles. The number of aromatic carboxylic acids is 1. The van der Waals surface area contributed by atoms with Crippen molar-refractivity contribution in [3.8, 4) is 5.75 Å². The summed E-state index contributed by atoms with van der Waals surface area (Å²) in [5, 5.41) is 11.1. The number of hydrogen-bond donors (Lipinski definition) is 2. The summed E-state index contributed by atoms with van der Waals surface area (Å²) in [6, 6.07) is 1.54. The highest BCUT2D eigenvalue weighted by molar-refractivity contribution is 6.02. The van der Waals surface area contributed by atoms with Gasteiger partial charge in [-0.15, -0.1) is 0 Å². The molecule has 1 amide bonds. The van der Waals surface area contributed by atoms with Crippen molar-refractivity contribution in [3.05, 3.63) is 23.5 Å². The number of ether oxygens (including phenoxy) is 1. The predicted molar refractivity (Wildman–Crippen MR) is 59.0 cm³/mol. The first kappa shape index (κ1) is 13.6. The molecule has 0 spiro atoms. The molecule has 0 radical (unpaired) electrons. The average molecular weight is 255 g/mol. The molecule has 0 fully saturated rings. The lowest BCUT2D eigenvalue weighted by molar-refractivity contribution is -0.131. The van der Waals surface area contributed by atoms with Crippen molar-refractivity contribution in [2.24, 2.45) is 0 Å². The van der Waals surface area contributed by atoms with Crippen LogP contribution in [-0.4, -0.2) is 23.0 Å². The average Bonchev–Trinajstić information content (AvgIpc) is 2.19. The van der Waals surface area contributed by atoms with E-state index in [1.54, 1.807) is 0 Å². The monoisotopic (exact) mass is 255 g/mol. The van der Waals surface area contributed by atoms with Gasteiger partial charge in [0, 0.05) is 19.9 Å². The van der Waals surface area contributed by atoms with Crippen molar-refractivity contribution < 1.29 is 28.6 Å². The number of carbonyl (C=O) groups is 3. The second-order valence-corrected chi connectivity index (χ2v) is 3.41. The molecular formula is C11H10FNO5. The van der Waals surface area contributed by atoms with Crippen molar-refractivity contribution in [1.82, 2.24) is 0 Å². The number of anilines is 1. The van der Waals surface area contributed by atoms with Crippen molar-refractivity contribution >= 4 is 23.5 Å². The molecule has 0 aliphatic rings. The van der Waals surface area contributed by atoms with Gasteiger partial charge in [0.15, 0.2) is 5.75 Å². The summed E-state index contributed by atoms with van der Waals surface area (Å²) < 4.78 is 17.8. The highest BCUT2D eigenvalue weighted by atomic mass is 19.1. The van der Waals surface area contributed by atoms with Crippen LogP contribution < -0.4 is 10.1 Å². The number of amides is 1. The van der Waals surface area contributed by atoms with Crippen LogP contribution in [0.15, 0.2) is 12.1 Å². The first-order valence-electron chi connectivity index (χ1n) is 4.84. The van der Waals surface area contributed by atoms with E-state index in [1.807, 2.05) is 0 Å². The van der Waals surface area contributed by atoms with E-state index < -0.39 is 29.2 Å². The minimum atomic E-state index is -1.45. The number of carbonyl (C=O) groups excluding carboxylic acids is 2. The maximum absolute atomic E-state index is 13.2. The maximum atomic E-state index is 13.2. The fourth-order valence-corrected chi connectivity index (χ4v) is 1.29. The van der Waals surface area contributed by atoms with Crippen LogP contribution in [0.3, 0.4) is 0 Å². The van der Waals surface area contributed by atoms with Gasteiger partial charge in [0.25, 0.3) is 0 Å². The lowest BCUT2D eigenvalue weighted by Gasteiger charge is -2.12. The van der Waals surface area contributed by atoms with E-state index >= 15 is 0 Å². The van der Waals surface area contributed by atoms with Gasteiger partial charge in [-0.25, -0.2) is 9.18 Å². The number of hydrogen-bond acceptors (Lipinski definition) is 4. The summed E-state index contributed by atoms with van der Waals surface area (Å²) in [4.78, 5) is 32.7. The molecule has 0 aliphatic carbocycles. The van der Waals surface area contributed by atoms with Gasteiger partial charge in [0.2, 0.25) is 5.91 Å². The van der Waals surface area contributed by atoms with Crippen LogP contribution in [0, 0.1) is 5.82 Å². The summed E-state index contributed by atoms with van der Waals surface area (Å²) in [5.74, 6) is -4.03. The second kappa shape index (κ2) is 5.26. The molecule has 96 valence electrons. The summed E-state index contributed by atoms with van der Waals surface area (Å²) in [5.41, 5.74) is -0.756. The van der Waals surface area contributed by atoms with Gasteiger partial charge < -0.3 is 15.2 Å². The molecule has 0 saturated carbocycles. The highest BCUT2D eigenvalue weighted by Crippen LogP contribution is 2.30. The Kier molecular flexibility index (Phi) is 3.98. The first-order chi connectivity index (χ1) is 8.31. The third-order valence-corrected chi connectivity index (χ3v) is 1.85. The minimum absolute atomic E-state index is 0.258. The molecule has 1 rings (SSSR count). The van der Waals surface area contributed by atoms with Crippen molar-refractivity contribution in [3.63, 3.8) is 0 Å². The van der Waals surface area contributed by atoms with Crippen molar-refractivity contribution in [2.45, 2.75) is 13.8 Å². The van der Waals surface area contributed by atoms with Crippen molar-refractivity contribution in [2.75, 3.05) is 5.32 Å². The fourth-order valence-electron chi connectivity index (χ4n) is 1.29. The van der Waals surface area contributed by atoms with Gasteiger partial charge in [-0.05, 0) is 6.07 Å². The van der Waals surface area contributed by atoms with E-state index in [9.17, 15) is 18.8 Å². The maximum Gasteiger partial charge on any atom is 0.338 e. The fraction of sp³-hybridized carbons (Fsp3) is 0.182. The summed E-state index contributed by atoms with van der Waals surface area (Å²) in [6.45, 7) is 2.22. The van der Waals surface area contributed by atoms with Crippen LogP contribution in [0.1, 0.15) is 24.2 Å². The van der Waals surface area contributed by atoms with Crippen LogP contribution in [0.4, 0.5) is 10.1 Å². The lowest BCUT2D eigenvalue weighted by atomic mass is 10.1. The Morgan fingerprint density at radius 2 is 1.89 bits per heavy atom. The number of rotatable bonds is 3. The molecule has 18 heavy (non-hydrogen) atoms. The number of carboxylic acid groups (broad SMARTS) is 1. The number of nitrogens with one attached hydrogen (secondary N) is 1. The van der Waals surface area contributed by atoms with Crippen LogP contribution >= 0.6 is 0 Å². The van der Waals surface area contributed by atoms with E-state index in [2.05, 4.69) is 10.1 Å². The van der Waals surface area contributed by atoms with Crippen LogP contribution in [0.5, 0.6) is 5.75 Å². The molecule has 2 N–H and O–H groups in total. The SMILES string of the molecule is CC(=O)Nc1c(OC(C)=O)cc(F)cc1C(=O)O. The molecule has 0 aliphatic heterocycles. The second-order valence-electron chi connectivity index (χ2n) is 3.41. The molecule has 6 nitrogen and oxygen atoms in total. The van der Waals surface area contributed by atoms with E-state index in [1.165, 1.54) is 0 Å². The molecule has 0 unspecified atom stereocenters. The van der Waals surface area contributed by atoms with Gasteiger partial charge in [0.1, 0.15) is 5.82 Å². The van der Waals surface area contributed by atoms with Gasteiger partial charge in [-0.2, -0.15) is 0 Å². The molecular weight excluding hydrogens is 245 g/mol. The standard InChI is InChI=1S/C11H10FNO5/c1-5(14)13-10-8(11(16)17)3-7(12)4-9(10)18-6(2)15/h3-4H,1-2H3,(H,13,14)(H,16,17). The van der Waals surface area contributed by atoms with Gasteiger partial charge in [0.05, 0.1) is 11.3 Å². The molecule has 0 bridgehead atoms. The Bertz CT molecular complexity index is 526. The van der Waals surface area contributed by atoms with Crippen molar-refractivity contribution in [1.29, 1.82) is 0 Å². The number of carboxylic acids is 1. The summed E-state index contributed by atoms with van der Waals surface area (Å²) in [6.07, 6.45) is 0. The normalized spacial score (nSPS) is 9.72. The van der Waals surface area contributed by atoms with E-state index in [0.717, 1.165) is 26.0 Å². The molecule has 7 heteroatoms. The number of halogens is 1. The molecule has 1 aromatic carbocycles. The Balaban J connectivity index is 3.41. The zero-order chi connectivity index (χ0) is 13.9. The highest BCUT2D eigenvalue weighted by Gasteiger charge is 2.19. The molecule has 1 aromatic rings. The smallest absolute Gasteiger partial charge is 0.338 e. The minimum Gasteiger partial charge on any atom is -0.478 e. The predicted octanol–water partition coefficient (Wildman–Crippen LogP) is 1.41. The zero-order valence-corrected chi connectivity index (χ0v) is 9.61. The molecule has 0 aromatic heterocycles. The van der Waals surface area contributed by atoms with E-state index in [0.29, 0.717) is 0 Å². The van der Waals surface area contributed by atoms with Crippen LogP contribution in [0.25, 0.3) is 0 Å². The van der Waals surface area contributed by atoms with Gasteiger partial charge in [-0.3, -0.25) is 9.59 Å². The summed E-state index contributed by atoms with van der Waals surface area (Å²) in [7, 11) is 0. The third-order valence-electron chi connectivity index (χ3n) is 1.85. The Morgan fingerprint density at radius 1 is 1.28 bits per heavy atom. The topological polar surface area (TPSA) is 92.7 Å². The van der Waals surface area contributed by atoms with Gasteiger partial charge in [-0.1, -0.05) is 0 Å². The molecule has 0 heterocycles. The Labute approximate surface area is 101 Å². The number of esters is 1. The quantitative estimate of drug-likeness (QED) is 0.629. The lowest BCUT2D eigenvalue weighted by Crippen LogP contribution is -2.14. The van der Waals surface area contributed by atoms with Gasteiger partial charge >= 0.3 is 11.9 Å². The third kappa shape index (κ3) is 3.27. The Morgan fingerprint density at radius 3 is 2.33 bits per heavy atom. The van der Waals surface area contributed by atoms with E-state index in [4.69, 9.17) is 5.11 Å². The van der Waals surface area contributed by atoms with Crippen LogP contribution in [0.2, 0.25) is 0 Å². The largest absolute Gasteiger partial charge is 0.478 e. The number of benzene rings is 1. The Hall–Kier alpha value is -2.44. The first-order valence-corrected chi connectivity index (χ1v) is 4.84.